The quantitative estimate of drug-likeness (QED) is 0.653. The van der Waals surface area contributed by atoms with E-state index in [4.69, 9.17) is 5.11 Å². The number of halogens is 4. The number of aliphatic carboxylic acids is 1. The van der Waals surface area contributed by atoms with E-state index >= 15 is 0 Å². The van der Waals surface area contributed by atoms with E-state index in [2.05, 4.69) is 16.7 Å². The molecule has 1 heterocycles. The lowest BCUT2D eigenvalue weighted by atomic mass is 9.97. The largest absolute Gasteiger partial charge is 0.481 e. The van der Waals surface area contributed by atoms with Crippen LogP contribution >= 0.6 is 12.4 Å². The smallest absolute Gasteiger partial charge is 0.417 e. The van der Waals surface area contributed by atoms with Gasteiger partial charge < -0.3 is 10.0 Å². The Bertz CT molecular complexity index is 1020. The molecule has 0 bridgehead atoms. The Labute approximate surface area is 196 Å². The van der Waals surface area contributed by atoms with Gasteiger partial charge in [0.1, 0.15) is 0 Å². The van der Waals surface area contributed by atoms with Crippen LogP contribution in [-0.4, -0.2) is 59.5 Å². The van der Waals surface area contributed by atoms with Crippen LogP contribution in [0, 0.1) is 11.8 Å². The second-order valence-corrected chi connectivity index (χ2v) is 7.51. The summed E-state index contributed by atoms with van der Waals surface area (Å²) in [5.74, 6) is 3.76. The molecule has 0 unspecified atom stereocenters. The summed E-state index contributed by atoms with van der Waals surface area (Å²) in [4.78, 5) is 26.6. The summed E-state index contributed by atoms with van der Waals surface area (Å²) in [6.45, 7) is 2.75. The minimum Gasteiger partial charge on any atom is -0.481 e. The van der Waals surface area contributed by atoms with Crippen LogP contribution in [-0.2, 0) is 15.8 Å². The number of amides is 1. The molecule has 1 saturated heterocycles. The second kappa shape index (κ2) is 11.7. The average molecular weight is 481 g/mol. The van der Waals surface area contributed by atoms with Crippen molar-refractivity contribution in [3.8, 4) is 23.0 Å². The van der Waals surface area contributed by atoms with Crippen LogP contribution in [0.2, 0.25) is 0 Å². The third kappa shape index (κ3) is 7.52. The number of carbonyl (C=O) groups excluding carboxylic acids is 1. The average Bonchev–Trinajstić information content (AvgIpc) is 2.77. The zero-order valence-corrected chi connectivity index (χ0v) is 18.6. The molecule has 176 valence electrons. The standard InChI is InChI=1S/C24H23F3N2O3.ClH/c25-24(26,27)21-17-18(8-10-20(21)19-5-2-1-3-6-19)9-11-22(30)29-15-13-28(14-16-29)12-4-7-23(31)32;/h1-3,5-6,8,10,17H,4,7,12-16H2,(H,31,32);1H. The van der Waals surface area contributed by atoms with Crippen LogP contribution in [0.3, 0.4) is 0 Å². The topological polar surface area (TPSA) is 60.9 Å². The van der Waals surface area contributed by atoms with Crippen molar-refractivity contribution >= 4 is 24.3 Å². The fourth-order valence-corrected chi connectivity index (χ4v) is 3.56. The molecule has 0 aromatic heterocycles. The zero-order valence-electron chi connectivity index (χ0n) is 17.8. The monoisotopic (exact) mass is 480 g/mol. The normalized spacial score (nSPS) is 14.1. The van der Waals surface area contributed by atoms with E-state index in [1.165, 1.54) is 12.1 Å². The molecule has 0 spiro atoms. The van der Waals surface area contributed by atoms with Crippen LogP contribution in [0.15, 0.2) is 48.5 Å². The molecule has 33 heavy (non-hydrogen) atoms. The molecular formula is C24H24ClF3N2O3. The maximum Gasteiger partial charge on any atom is 0.417 e. The predicted octanol–water partition coefficient (Wildman–Crippen LogP) is 4.15. The third-order valence-electron chi connectivity index (χ3n) is 5.25. The number of hydrogen-bond acceptors (Lipinski definition) is 3. The lowest BCUT2D eigenvalue weighted by Crippen LogP contribution is -2.48. The lowest BCUT2D eigenvalue weighted by Gasteiger charge is -2.33. The Balaban J connectivity index is 0.00000385. The molecule has 0 atom stereocenters. The second-order valence-electron chi connectivity index (χ2n) is 7.51. The molecule has 0 aliphatic carbocycles. The highest BCUT2D eigenvalue weighted by Gasteiger charge is 2.34. The van der Waals surface area contributed by atoms with Gasteiger partial charge in [0.05, 0.1) is 5.56 Å². The number of nitrogens with zero attached hydrogens (tertiary/aromatic N) is 2. The number of alkyl halides is 3. The number of carboxylic acids is 1. The van der Waals surface area contributed by atoms with E-state index in [0.29, 0.717) is 44.7 Å². The molecular weight excluding hydrogens is 457 g/mol. The molecule has 3 rings (SSSR count). The molecule has 2 aromatic rings. The Hall–Kier alpha value is -3.02. The van der Waals surface area contributed by atoms with Gasteiger partial charge in [-0.2, -0.15) is 13.2 Å². The molecule has 2 aromatic carbocycles. The summed E-state index contributed by atoms with van der Waals surface area (Å²) in [7, 11) is 0. The zero-order chi connectivity index (χ0) is 23.1. The maximum atomic E-state index is 13.6. The summed E-state index contributed by atoms with van der Waals surface area (Å²) < 4.78 is 40.8. The van der Waals surface area contributed by atoms with Crippen molar-refractivity contribution in [2.45, 2.75) is 19.0 Å². The molecule has 0 radical (unpaired) electrons. The Morgan fingerprint density at radius 2 is 1.67 bits per heavy atom. The summed E-state index contributed by atoms with van der Waals surface area (Å²) in [5.41, 5.74) is -0.152. The van der Waals surface area contributed by atoms with Crippen LogP contribution in [0.4, 0.5) is 13.2 Å². The number of hydrogen-bond donors (Lipinski definition) is 1. The van der Waals surface area contributed by atoms with Crippen LogP contribution in [0.5, 0.6) is 0 Å². The van der Waals surface area contributed by atoms with Crippen LogP contribution in [0.1, 0.15) is 24.0 Å². The number of carbonyl (C=O) groups is 2. The van der Waals surface area contributed by atoms with Gasteiger partial charge in [0, 0.05) is 44.1 Å². The molecule has 1 N–H and O–H groups in total. The molecule has 1 amide bonds. The SMILES string of the molecule is Cl.O=C(O)CCCN1CCN(C(=O)C#Cc2ccc(-c3ccccc3)c(C(F)(F)F)c2)CC1. The van der Waals surface area contributed by atoms with Gasteiger partial charge in [-0.3, -0.25) is 14.5 Å². The maximum absolute atomic E-state index is 13.6. The third-order valence-corrected chi connectivity index (χ3v) is 5.25. The summed E-state index contributed by atoms with van der Waals surface area (Å²) in [6.07, 6.45) is -3.90. The molecule has 0 saturated carbocycles. The molecule has 5 nitrogen and oxygen atoms in total. The Morgan fingerprint density at radius 1 is 1.00 bits per heavy atom. The number of piperazine rings is 1. The van der Waals surface area contributed by atoms with Crippen LogP contribution < -0.4 is 0 Å². The van der Waals surface area contributed by atoms with Crippen molar-refractivity contribution in [1.82, 2.24) is 9.80 Å². The lowest BCUT2D eigenvalue weighted by molar-refractivity contribution is -0.138. The van der Waals surface area contributed by atoms with E-state index < -0.39 is 23.6 Å². The molecule has 9 heteroatoms. The first-order valence-corrected chi connectivity index (χ1v) is 10.3. The van der Waals surface area contributed by atoms with E-state index in [0.717, 1.165) is 6.07 Å². The Morgan fingerprint density at radius 3 is 2.27 bits per heavy atom. The molecule has 1 aliphatic rings. The van der Waals surface area contributed by atoms with Gasteiger partial charge >= 0.3 is 12.1 Å². The van der Waals surface area contributed by atoms with E-state index in [9.17, 15) is 22.8 Å². The van der Waals surface area contributed by atoms with Gasteiger partial charge in [0.15, 0.2) is 0 Å². The predicted molar refractivity (Wildman–Crippen MR) is 121 cm³/mol. The first-order chi connectivity index (χ1) is 15.2. The Kier molecular flexibility index (Phi) is 9.32. The fraction of sp³-hybridized carbons (Fsp3) is 0.333. The summed E-state index contributed by atoms with van der Waals surface area (Å²) in [6, 6.07) is 12.1. The number of benzene rings is 2. The molecule has 1 aliphatic heterocycles. The highest BCUT2D eigenvalue weighted by Crippen LogP contribution is 2.37. The van der Waals surface area contributed by atoms with Crippen LogP contribution in [0.25, 0.3) is 11.1 Å². The minimum atomic E-state index is -4.55. The van der Waals surface area contributed by atoms with E-state index in [-0.39, 0.29) is 30.0 Å². The summed E-state index contributed by atoms with van der Waals surface area (Å²) in [5, 5.41) is 8.70. The van der Waals surface area contributed by atoms with Gasteiger partial charge in [-0.25, -0.2) is 0 Å². The van der Waals surface area contributed by atoms with Crippen molar-refractivity contribution in [3.63, 3.8) is 0 Å². The van der Waals surface area contributed by atoms with E-state index in [1.54, 1.807) is 35.2 Å². The van der Waals surface area contributed by atoms with Gasteiger partial charge in [0.25, 0.3) is 5.91 Å². The first kappa shape index (κ1) is 26.2. The van der Waals surface area contributed by atoms with Crippen molar-refractivity contribution in [2.75, 3.05) is 32.7 Å². The van der Waals surface area contributed by atoms with Crippen molar-refractivity contribution < 1.29 is 27.9 Å². The summed E-state index contributed by atoms with van der Waals surface area (Å²) >= 11 is 0. The van der Waals surface area contributed by atoms with E-state index in [1.807, 2.05) is 0 Å². The minimum absolute atomic E-state index is 0. The van der Waals surface area contributed by atoms with Gasteiger partial charge in [0.2, 0.25) is 0 Å². The highest BCUT2D eigenvalue weighted by molar-refractivity contribution is 5.94. The van der Waals surface area contributed by atoms with Crippen molar-refractivity contribution in [2.24, 2.45) is 0 Å². The van der Waals surface area contributed by atoms with Gasteiger partial charge in [-0.15, -0.1) is 12.4 Å². The van der Waals surface area contributed by atoms with Gasteiger partial charge in [-0.1, -0.05) is 42.3 Å². The number of rotatable bonds is 5. The first-order valence-electron chi connectivity index (χ1n) is 10.3. The number of carboxylic acid groups (broad SMARTS) is 1. The van der Waals surface area contributed by atoms with Gasteiger partial charge in [-0.05, 0) is 36.2 Å². The van der Waals surface area contributed by atoms with Crippen molar-refractivity contribution in [1.29, 1.82) is 0 Å². The van der Waals surface area contributed by atoms with Crippen molar-refractivity contribution in [3.05, 3.63) is 59.7 Å². The molecule has 1 fully saturated rings. The highest BCUT2D eigenvalue weighted by atomic mass is 35.5. The fourth-order valence-electron chi connectivity index (χ4n) is 3.56.